The van der Waals surface area contributed by atoms with Crippen molar-refractivity contribution in [2.45, 2.75) is 0 Å². The Morgan fingerprint density at radius 3 is 2.33 bits per heavy atom. The van der Waals surface area contributed by atoms with E-state index in [0.717, 1.165) is 55.0 Å². The third-order valence-corrected chi connectivity index (χ3v) is 5.38. The van der Waals surface area contributed by atoms with Gasteiger partial charge in [0, 0.05) is 32.6 Å². The molecule has 6 aromatic rings. The molecule has 3 heteroatoms. The average Bonchev–Trinajstić information content (AvgIpc) is 3.24. The number of rotatable bonds is 1. The zero-order valence-electron chi connectivity index (χ0n) is 14.2. The van der Waals surface area contributed by atoms with Crippen LogP contribution < -0.4 is 0 Å². The molecule has 4 aromatic carbocycles. The van der Waals surface area contributed by atoms with E-state index < -0.39 is 0 Å². The van der Waals surface area contributed by atoms with Crippen LogP contribution in [0.1, 0.15) is 0 Å². The number of halogens is 1. The van der Waals surface area contributed by atoms with Crippen LogP contribution in [0, 0.1) is 0 Å². The van der Waals surface area contributed by atoms with Crippen LogP contribution in [-0.4, -0.2) is 0 Å². The highest BCUT2D eigenvalue weighted by Crippen LogP contribution is 2.39. The van der Waals surface area contributed by atoms with Crippen molar-refractivity contribution in [1.29, 1.82) is 0 Å². The summed E-state index contributed by atoms with van der Waals surface area (Å²) in [7, 11) is 0. The molecule has 0 amide bonds. The van der Waals surface area contributed by atoms with Crippen LogP contribution in [0.5, 0.6) is 0 Å². The van der Waals surface area contributed by atoms with E-state index in [2.05, 4.69) is 24.3 Å². The van der Waals surface area contributed by atoms with Crippen molar-refractivity contribution in [3.63, 3.8) is 0 Å². The lowest BCUT2D eigenvalue weighted by Crippen LogP contribution is -1.80. The summed E-state index contributed by atoms with van der Waals surface area (Å²) < 4.78 is 12.0. The van der Waals surface area contributed by atoms with E-state index in [1.807, 2.05) is 54.6 Å². The molecular formula is C24H13ClO2. The third-order valence-electron chi connectivity index (χ3n) is 5.15. The van der Waals surface area contributed by atoms with Crippen molar-refractivity contribution < 1.29 is 8.83 Å². The largest absolute Gasteiger partial charge is 0.456 e. The van der Waals surface area contributed by atoms with Gasteiger partial charge in [0.25, 0.3) is 0 Å². The molecule has 0 bridgehead atoms. The number of fused-ring (bicyclic) bond motifs is 6. The van der Waals surface area contributed by atoms with Crippen molar-refractivity contribution in [1.82, 2.24) is 0 Å². The third kappa shape index (κ3) is 2.14. The van der Waals surface area contributed by atoms with Gasteiger partial charge in [-0.25, -0.2) is 0 Å². The maximum absolute atomic E-state index is 6.14. The first-order chi connectivity index (χ1) is 13.3. The van der Waals surface area contributed by atoms with E-state index >= 15 is 0 Å². The molecule has 0 aliphatic carbocycles. The molecule has 0 N–H and O–H groups in total. The Kier molecular flexibility index (Phi) is 2.97. The normalized spacial score (nSPS) is 11.9. The van der Waals surface area contributed by atoms with Crippen LogP contribution >= 0.6 is 11.6 Å². The first-order valence-electron chi connectivity index (χ1n) is 8.80. The molecule has 0 aliphatic heterocycles. The molecule has 0 radical (unpaired) electrons. The van der Waals surface area contributed by atoms with Gasteiger partial charge in [-0.2, -0.15) is 0 Å². The van der Waals surface area contributed by atoms with Gasteiger partial charge in [-0.1, -0.05) is 48.0 Å². The molecule has 2 aromatic heterocycles. The Morgan fingerprint density at radius 1 is 0.556 bits per heavy atom. The minimum absolute atomic E-state index is 0.675. The summed E-state index contributed by atoms with van der Waals surface area (Å²) in [5, 5.41) is 5.11. The minimum Gasteiger partial charge on any atom is -0.456 e. The predicted octanol–water partition coefficient (Wildman–Crippen LogP) is 7.81. The summed E-state index contributed by atoms with van der Waals surface area (Å²) in [6.07, 6.45) is 0. The van der Waals surface area contributed by atoms with E-state index in [1.54, 1.807) is 0 Å². The lowest BCUT2D eigenvalue weighted by molar-refractivity contribution is 0.669. The van der Waals surface area contributed by atoms with Gasteiger partial charge >= 0.3 is 0 Å². The lowest BCUT2D eigenvalue weighted by Gasteiger charge is -2.04. The summed E-state index contributed by atoms with van der Waals surface area (Å²) in [4.78, 5) is 0. The van der Waals surface area contributed by atoms with Crippen molar-refractivity contribution in [3.8, 4) is 11.1 Å². The van der Waals surface area contributed by atoms with Crippen LogP contribution in [0.4, 0.5) is 0 Å². The first-order valence-corrected chi connectivity index (χ1v) is 9.18. The zero-order valence-corrected chi connectivity index (χ0v) is 15.0. The van der Waals surface area contributed by atoms with Crippen molar-refractivity contribution in [3.05, 3.63) is 83.9 Å². The maximum atomic E-state index is 6.14. The summed E-state index contributed by atoms with van der Waals surface area (Å²) in [5.74, 6) is 0. The van der Waals surface area contributed by atoms with Gasteiger partial charge in [0.15, 0.2) is 0 Å². The second-order valence-electron chi connectivity index (χ2n) is 6.73. The molecule has 0 saturated carbocycles. The second kappa shape index (κ2) is 5.38. The zero-order chi connectivity index (χ0) is 18.0. The van der Waals surface area contributed by atoms with Gasteiger partial charge in [-0.3, -0.25) is 0 Å². The predicted molar refractivity (Wildman–Crippen MR) is 111 cm³/mol. The quantitative estimate of drug-likeness (QED) is 0.296. The fourth-order valence-corrected chi connectivity index (χ4v) is 4.10. The monoisotopic (exact) mass is 368 g/mol. The van der Waals surface area contributed by atoms with Gasteiger partial charge in [0.2, 0.25) is 0 Å². The second-order valence-corrected chi connectivity index (χ2v) is 7.17. The Balaban J connectivity index is 1.69. The molecule has 0 spiro atoms. The Labute approximate surface area is 159 Å². The van der Waals surface area contributed by atoms with Crippen molar-refractivity contribution in [2.75, 3.05) is 0 Å². The maximum Gasteiger partial charge on any atom is 0.136 e. The standard InChI is InChI=1S/C24H13ClO2/c25-15-9-10-18-23(13-15)27-22-7-3-5-16(24(18)22)14-8-11-21-19(12-14)17-4-1-2-6-20(17)26-21/h1-13H. The summed E-state index contributed by atoms with van der Waals surface area (Å²) >= 11 is 6.14. The smallest absolute Gasteiger partial charge is 0.136 e. The fourth-order valence-electron chi connectivity index (χ4n) is 3.93. The minimum atomic E-state index is 0.675. The molecule has 128 valence electrons. The molecule has 2 nitrogen and oxygen atoms in total. The Hall–Kier alpha value is -3.23. The summed E-state index contributed by atoms with van der Waals surface area (Å²) in [6, 6.07) is 26.4. The van der Waals surface area contributed by atoms with Crippen molar-refractivity contribution in [2.24, 2.45) is 0 Å². The fraction of sp³-hybridized carbons (Fsp3) is 0. The molecule has 0 atom stereocenters. The SMILES string of the molecule is Clc1ccc2c(c1)oc1cccc(-c3ccc4oc5ccccc5c4c3)c12. The molecule has 6 rings (SSSR count). The molecular weight excluding hydrogens is 356 g/mol. The molecule has 0 saturated heterocycles. The van der Waals surface area contributed by atoms with Gasteiger partial charge in [-0.15, -0.1) is 0 Å². The number of para-hydroxylation sites is 1. The lowest BCUT2D eigenvalue weighted by atomic mass is 9.98. The van der Waals surface area contributed by atoms with Crippen LogP contribution in [-0.2, 0) is 0 Å². The molecule has 2 heterocycles. The first kappa shape index (κ1) is 14.9. The highest BCUT2D eigenvalue weighted by atomic mass is 35.5. The van der Waals surface area contributed by atoms with Gasteiger partial charge in [0.05, 0.1) is 0 Å². The van der Waals surface area contributed by atoms with Gasteiger partial charge in [-0.05, 0) is 47.5 Å². The van der Waals surface area contributed by atoms with E-state index in [-0.39, 0.29) is 0 Å². The van der Waals surface area contributed by atoms with E-state index in [1.165, 1.54) is 0 Å². The van der Waals surface area contributed by atoms with Crippen LogP contribution in [0.2, 0.25) is 5.02 Å². The summed E-state index contributed by atoms with van der Waals surface area (Å²) in [6.45, 7) is 0. The number of hydrogen-bond acceptors (Lipinski definition) is 2. The highest BCUT2D eigenvalue weighted by molar-refractivity contribution is 6.31. The molecule has 0 aliphatic rings. The van der Waals surface area contributed by atoms with E-state index in [0.29, 0.717) is 5.02 Å². The van der Waals surface area contributed by atoms with E-state index in [9.17, 15) is 0 Å². The highest BCUT2D eigenvalue weighted by Gasteiger charge is 2.14. The number of furan rings is 2. The van der Waals surface area contributed by atoms with Crippen LogP contribution in [0.15, 0.2) is 87.7 Å². The number of hydrogen-bond donors (Lipinski definition) is 0. The molecule has 0 unspecified atom stereocenters. The van der Waals surface area contributed by atoms with E-state index in [4.69, 9.17) is 20.4 Å². The van der Waals surface area contributed by atoms with Crippen LogP contribution in [0.3, 0.4) is 0 Å². The molecule has 0 fully saturated rings. The molecule has 27 heavy (non-hydrogen) atoms. The Morgan fingerprint density at radius 2 is 1.37 bits per heavy atom. The van der Waals surface area contributed by atoms with Gasteiger partial charge in [0.1, 0.15) is 22.3 Å². The summed E-state index contributed by atoms with van der Waals surface area (Å²) in [5.41, 5.74) is 5.75. The number of benzene rings is 4. The topological polar surface area (TPSA) is 26.3 Å². The Bertz CT molecular complexity index is 1490. The average molecular weight is 369 g/mol. The van der Waals surface area contributed by atoms with Gasteiger partial charge < -0.3 is 8.83 Å². The van der Waals surface area contributed by atoms with Crippen molar-refractivity contribution >= 4 is 55.5 Å². The van der Waals surface area contributed by atoms with Crippen LogP contribution in [0.25, 0.3) is 55.0 Å².